The number of carbonyl (C=O) groups excluding carboxylic acids is 2. The molecule has 1 atom stereocenters. The lowest BCUT2D eigenvalue weighted by Crippen LogP contribution is -2.50. The number of hydrogen-bond donors (Lipinski definition) is 1. The highest BCUT2D eigenvalue weighted by molar-refractivity contribution is 5.87. The molecule has 1 aliphatic rings. The molecule has 1 aromatic carbocycles. The van der Waals surface area contributed by atoms with Gasteiger partial charge in [-0.25, -0.2) is 4.39 Å². The van der Waals surface area contributed by atoms with Crippen molar-refractivity contribution in [3.63, 3.8) is 0 Å². The molecule has 1 saturated carbocycles. The molecule has 0 aliphatic heterocycles. The number of hydrogen-bond acceptors (Lipinski definition) is 2. The van der Waals surface area contributed by atoms with Crippen LogP contribution >= 0.6 is 0 Å². The molecule has 0 bridgehead atoms. The number of nitrogens with one attached hydrogen (secondary N) is 1. The van der Waals surface area contributed by atoms with Crippen LogP contribution in [0.3, 0.4) is 0 Å². The standard InChI is InChI=1S/C20H29FN2O2/c1-3-7-19(24)23(14-16-10-12-17(21)13-11-16)15(2)20(25)22-18-8-5-4-6-9-18/h10-13,15,18H,3-9,14H2,1-2H3,(H,22,25). The first kappa shape index (κ1) is 19.4. The van der Waals surface area contributed by atoms with Gasteiger partial charge in [-0.15, -0.1) is 0 Å². The van der Waals surface area contributed by atoms with Crippen LogP contribution in [0.2, 0.25) is 0 Å². The van der Waals surface area contributed by atoms with E-state index < -0.39 is 6.04 Å². The van der Waals surface area contributed by atoms with E-state index in [0.717, 1.165) is 37.7 Å². The molecule has 2 rings (SSSR count). The first-order valence-corrected chi connectivity index (χ1v) is 9.35. The Bertz CT molecular complexity index is 568. The average Bonchev–Trinajstić information content (AvgIpc) is 2.61. The van der Waals surface area contributed by atoms with Gasteiger partial charge in [0.1, 0.15) is 11.9 Å². The molecule has 0 radical (unpaired) electrons. The van der Waals surface area contributed by atoms with Crippen LogP contribution in [-0.4, -0.2) is 28.8 Å². The number of halogens is 1. The molecule has 25 heavy (non-hydrogen) atoms. The molecule has 4 nitrogen and oxygen atoms in total. The molecule has 1 aromatic rings. The van der Waals surface area contributed by atoms with Gasteiger partial charge in [0.05, 0.1) is 0 Å². The van der Waals surface area contributed by atoms with Crippen molar-refractivity contribution in [1.82, 2.24) is 10.2 Å². The summed E-state index contributed by atoms with van der Waals surface area (Å²) in [7, 11) is 0. The fourth-order valence-electron chi connectivity index (χ4n) is 3.30. The van der Waals surface area contributed by atoms with E-state index in [0.29, 0.717) is 13.0 Å². The fraction of sp³-hybridized carbons (Fsp3) is 0.600. The maximum absolute atomic E-state index is 13.1. The van der Waals surface area contributed by atoms with Crippen molar-refractivity contribution in [2.24, 2.45) is 0 Å². The van der Waals surface area contributed by atoms with Crippen molar-refractivity contribution in [1.29, 1.82) is 0 Å². The van der Waals surface area contributed by atoms with Gasteiger partial charge >= 0.3 is 0 Å². The van der Waals surface area contributed by atoms with Crippen molar-refractivity contribution >= 4 is 11.8 Å². The zero-order chi connectivity index (χ0) is 18.2. The highest BCUT2D eigenvalue weighted by Crippen LogP contribution is 2.18. The maximum Gasteiger partial charge on any atom is 0.242 e. The van der Waals surface area contributed by atoms with Gasteiger partial charge in [-0.05, 0) is 43.9 Å². The zero-order valence-electron chi connectivity index (χ0n) is 15.3. The number of nitrogens with zero attached hydrogens (tertiary/aromatic N) is 1. The monoisotopic (exact) mass is 348 g/mol. The molecule has 5 heteroatoms. The lowest BCUT2D eigenvalue weighted by molar-refractivity contribution is -0.141. The van der Waals surface area contributed by atoms with Gasteiger partial charge in [-0.2, -0.15) is 0 Å². The van der Waals surface area contributed by atoms with Gasteiger partial charge in [-0.3, -0.25) is 9.59 Å². The molecule has 2 amide bonds. The quantitative estimate of drug-likeness (QED) is 0.815. The molecule has 0 spiro atoms. The minimum Gasteiger partial charge on any atom is -0.352 e. The first-order chi connectivity index (χ1) is 12.0. The summed E-state index contributed by atoms with van der Waals surface area (Å²) in [5, 5.41) is 3.10. The molecular weight excluding hydrogens is 319 g/mol. The molecule has 0 saturated heterocycles. The van der Waals surface area contributed by atoms with Crippen LogP contribution in [0.4, 0.5) is 4.39 Å². The average molecular weight is 348 g/mol. The Kier molecular flexibility index (Phi) is 7.41. The highest BCUT2D eigenvalue weighted by Gasteiger charge is 2.27. The fourth-order valence-corrected chi connectivity index (χ4v) is 3.30. The lowest BCUT2D eigenvalue weighted by Gasteiger charge is -2.31. The van der Waals surface area contributed by atoms with E-state index >= 15 is 0 Å². The molecule has 0 aromatic heterocycles. The second kappa shape index (κ2) is 9.54. The number of rotatable bonds is 7. The van der Waals surface area contributed by atoms with Crippen molar-refractivity contribution in [3.8, 4) is 0 Å². The van der Waals surface area contributed by atoms with Crippen LogP contribution in [0.15, 0.2) is 24.3 Å². The number of carbonyl (C=O) groups is 2. The van der Waals surface area contributed by atoms with Crippen LogP contribution in [-0.2, 0) is 16.1 Å². The Morgan fingerprint density at radius 3 is 2.44 bits per heavy atom. The van der Waals surface area contributed by atoms with Crippen LogP contribution in [0, 0.1) is 5.82 Å². The predicted molar refractivity (Wildman–Crippen MR) is 96.3 cm³/mol. The van der Waals surface area contributed by atoms with Gasteiger partial charge in [0.2, 0.25) is 11.8 Å². The van der Waals surface area contributed by atoms with E-state index in [4.69, 9.17) is 0 Å². The van der Waals surface area contributed by atoms with Gasteiger partial charge in [-0.1, -0.05) is 38.3 Å². The SMILES string of the molecule is CCCC(=O)N(Cc1ccc(F)cc1)C(C)C(=O)NC1CCCCC1. The third kappa shape index (κ3) is 5.83. The highest BCUT2D eigenvalue weighted by atomic mass is 19.1. The Balaban J connectivity index is 2.05. The zero-order valence-corrected chi connectivity index (χ0v) is 15.3. The van der Waals surface area contributed by atoms with E-state index in [2.05, 4.69) is 5.32 Å². The Hall–Kier alpha value is -1.91. The summed E-state index contributed by atoms with van der Waals surface area (Å²) < 4.78 is 13.1. The van der Waals surface area contributed by atoms with Crippen LogP contribution in [0.5, 0.6) is 0 Å². The second-order valence-electron chi connectivity index (χ2n) is 6.92. The molecule has 138 valence electrons. The molecule has 1 aliphatic carbocycles. The van der Waals surface area contributed by atoms with Gasteiger partial charge in [0.25, 0.3) is 0 Å². The maximum atomic E-state index is 13.1. The summed E-state index contributed by atoms with van der Waals surface area (Å²) >= 11 is 0. The number of amides is 2. The van der Waals surface area contributed by atoms with Gasteiger partial charge in [0.15, 0.2) is 0 Å². The number of benzene rings is 1. The van der Waals surface area contributed by atoms with E-state index in [1.54, 1.807) is 24.0 Å². The van der Waals surface area contributed by atoms with Crippen LogP contribution in [0.1, 0.15) is 64.4 Å². The Morgan fingerprint density at radius 1 is 1.20 bits per heavy atom. The minimum absolute atomic E-state index is 0.0434. The topological polar surface area (TPSA) is 49.4 Å². The summed E-state index contributed by atoms with van der Waals surface area (Å²) in [4.78, 5) is 26.8. The van der Waals surface area contributed by atoms with E-state index in [1.807, 2.05) is 6.92 Å². The molecule has 1 fully saturated rings. The molecule has 1 unspecified atom stereocenters. The lowest BCUT2D eigenvalue weighted by atomic mass is 9.95. The minimum atomic E-state index is -0.536. The summed E-state index contributed by atoms with van der Waals surface area (Å²) in [6.07, 6.45) is 6.69. The van der Waals surface area contributed by atoms with Gasteiger partial charge < -0.3 is 10.2 Å². The first-order valence-electron chi connectivity index (χ1n) is 9.35. The molecule has 0 heterocycles. The third-order valence-corrected chi connectivity index (χ3v) is 4.85. The van der Waals surface area contributed by atoms with Crippen molar-refractivity contribution < 1.29 is 14.0 Å². The second-order valence-corrected chi connectivity index (χ2v) is 6.92. The Morgan fingerprint density at radius 2 is 1.84 bits per heavy atom. The van der Waals surface area contributed by atoms with Gasteiger partial charge in [0, 0.05) is 19.0 Å². The normalized spacial score (nSPS) is 16.3. The van der Waals surface area contributed by atoms with E-state index in [9.17, 15) is 14.0 Å². The summed E-state index contributed by atoms with van der Waals surface area (Å²) in [5.74, 6) is -0.449. The van der Waals surface area contributed by atoms with E-state index in [1.165, 1.54) is 18.6 Å². The van der Waals surface area contributed by atoms with Crippen molar-refractivity contribution in [2.75, 3.05) is 0 Å². The predicted octanol–water partition coefficient (Wildman–Crippen LogP) is 3.79. The van der Waals surface area contributed by atoms with E-state index in [-0.39, 0.29) is 23.7 Å². The largest absolute Gasteiger partial charge is 0.352 e. The summed E-state index contributed by atoms with van der Waals surface area (Å²) in [6.45, 7) is 4.04. The van der Waals surface area contributed by atoms with Crippen LogP contribution < -0.4 is 5.32 Å². The van der Waals surface area contributed by atoms with Crippen molar-refractivity contribution in [2.45, 2.75) is 77.4 Å². The molecule has 1 N–H and O–H groups in total. The smallest absolute Gasteiger partial charge is 0.242 e. The molecular formula is C20H29FN2O2. The Labute approximate surface area is 149 Å². The van der Waals surface area contributed by atoms with Crippen LogP contribution in [0.25, 0.3) is 0 Å². The third-order valence-electron chi connectivity index (χ3n) is 4.85. The summed E-state index contributed by atoms with van der Waals surface area (Å²) in [5.41, 5.74) is 0.822. The van der Waals surface area contributed by atoms with Crippen molar-refractivity contribution in [3.05, 3.63) is 35.6 Å². The summed E-state index contributed by atoms with van der Waals surface area (Å²) in [6, 6.07) is 5.76.